The molecule has 9 heteroatoms. The highest BCUT2D eigenvalue weighted by atomic mass is 16.2. The summed E-state index contributed by atoms with van der Waals surface area (Å²) in [7, 11) is 0. The number of amides is 3. The molecule has 0 atom stereocenters. The lowest BCUT2D eigenvalue weighted by molar-refractivity contribution is -0.134. The molecule has 1 fully saturated rings. The van der Waals surface area contributed by atoms with Gasteiger partial charge in [0.15, 0.2) is 0 Å². The molecule has 0 spiro atoms. The molecule has 3 amide bonds. The molecule has 1 N–H and O–H groups in total. The van der Waals surface area contributed by atoms with Crippen LogP contribution in [0, 0.1) is 5.92 Å². The van der Waals surface area contributed by atoms with E-state index in [4.69, 9.17) is 0 Å². The Hall–Kier alpha value is -4.01. The molecule has 35 heavy (non-hydrogen) atoms. The number of hydrogen-bond donors (Lipinski definition) is 1. The number of likely N-dealkylation sites (tertiary alicyclic amines) is 1. The predicted molar refractivity (Wildman–Crippen MR) is 131 cm³/mol. The third kappa shape index (κ3) is 5.08. The molecule has 0 unspecified atom stereocenters. The molecule has 2 aromatic carbocycles. The van der Waals surface area contributed by atoms with Crippen molar-refractivity contribution in [3.05, 3.63) is 66.7 Å². The lowest BCUT2D eigenvalue weighted by Crippen LogP contribution is -2.43. The number of aromatic nitrogens is 3. The first-order valence-corrected chi connectivity index (χ1v) is 12.0. The molecule has 180 valence electrons. The van der Waals surface area contributed by atoms with Gasteiger partial charge in [-0.3, -0.25) is 19.0 Å². The smallest absolute Gasteiger partial charge is 0.244 e. The summed E-state index contributed by atoms with van der Waals surface area (Å²) in [4.78, 5) is 40.9. The maximum Gasteiger partial charge on any atom is 0.244 e. The van der Waals surface area contributed by atoms with Gasteiger partial charge < -0.3 is 15.1 Å². The fraction of sp³-hybridized carbons (Fsp3) is 0.346. The fourth-order valence-electron chi connectivity index (χ4n) is 4.81. The number of benzene rings is 2. The Morgan fingerprint density at radius 3 is 2.46 bits per heavy atom. The zero-order valence-corrected chi connectivity index (χ0v) is 19.5. The molecule has 3 aromatic rings. The predicted octanol–water partition coefficient (Wildman–Crippen LogP) is 2.81. The minimum absolute atomic E-state index is 0.0148. The number of nitrogens with zero attached hydrogens (tertiary/aromatic N) is 5. The number of carbonyl (C=O) groups is 3. The van der Waals surface area contributed by atoms with Crippen molar-refractivity contribution in [2.24, 2.45) is 5.92 Å². The van der Waals surface area contributed by atoms with Crippen LogP contribution < -0.4 is 10.2 Å². The quantitative estimate of drug-likeness (QED) is 0.595. The molecule has 0 bridgehead atoms. The number of anilines is 2. The highest BCUT2D eigenvalue weighted by molar-refractivity contribution is 6.10. The average Bonchev–Trinajstić information content (AvgIpc) is 3.35. The van der Waals surface area contributed by atoms with E-state index in [1.807, 2.05) is 51.9 Å². The van der Waals surface area contributed by atoms with Crippen LogP contribution in [0.25, 0.3) is 5.69 Å². The van der Waals surface area contributed by atoms with Gasteiger partial charge in [-0.05, 0) is 43.0 Å². The van der Waals surface area contributed by atoms with Gasteiger partial charge in [-0.1, -0.05) is 30.3 Å². The summed E-state index contributed by atoms with van der Waals surface area (Å²) in [6.45, 7) is 1.32. The van der Waals surface area contributed by atoms with Gasteiger partial charge >= 0.3 is 0 Å². The number of nitrogens with one attached hydrogen (secondary N) is 1. The van der Waals surface area contributed by atoms with Crippen molar-refractivity contribution in [2.45, 2.75) is 32.1 Å². The molecule has 0 aliphatic carbocycles. The largest absolute Gasteiger partial charge is 0.343 e. The maximum atomic E-state index is 12.8. The van der Waals surface area contributed by atoms with Crippen LogP contribution in [-0.4, -0.2) is 57.0 Å². The third-order valence-electron chi connectivity index (χ3n) is 6.72. The number of carbonyl (C=O) groups excluding carboxylic acids is 3. The molecule has 1 aromatic heterocycles. The van der Waals surface area contributed by atoms with Crippen molar-refractivity contribution < 1.29 is 14.4 Å². The molecule has 3 heterocycles. The van der Waals surface area contributed by atoms with Crippen LogP contribution in [0.2, 0.25) is 0 Å². The van der Waals surface area contributed by atoms with Crippen molar-refractivity contribution in [3.63, 3.8) is 0 Å². The van der Waals surface area contributed by atoms with Crippen LogP contribution in [-0.2, 0) is 20.8 Å². The second-order valence-electron chi connectivity index (χ2n) is 9.03. The SMILES string of the molecule is O=C1CN(C(=O)CCC(=O)N2CCC(Cc3nncn3-c3ccccc3)CC2)c2ccccc2N1. The third-order valence-corrected chi connectivity index (χ3v) is 6.72. The van der Waals surface area contributed by atoms with Crippen LogP contribution in [0.3, 0.4) is 0 Å². The summed E-state index contributed by atoms with van der Waals surface area (Å²) >= 11 is 0. The molecular weight excluding hydrogens is 444 g/mol. The van der Waals surface area contributed by atoms with E-state index < -0.39 is 0 Å². The summed E-state index contributed by atoms with van der Waals surface area (Å²) in [6.07, 6.45) is 4.56. The number of para-hydroxylation sites is 3. The molecule has 5 rings (SSSR count). The number of rotatable bonds is 6. The monoisotopic (exact) mass is 472 g/mol. The second-order valence-corrected chi connectivity index (χ2v) is 9.03. The van der Waals surface area contributed by atoms with Gasteiger partial charge in [0.2, 0.25) is 17.7 Å². The zero-order chi connectivity index (χ0) is 24.2. The van der Waals surface area contributed by atoms with E-state index in [0.717, 1.165) is 30.8 Å². The first-order valence-electron chi connectivity index (χ1n) is 12.0. The maximum absolute atomic E-state index is 12.8. The summed E-state index contributed by atoms with van der Waals surface area (Å²) in [5, 5.41) is 11.2. The average molecular weight is 473 g/mol. The molecule has 0 saturated carbocycles. The van der Waals surface area contributed by atoms with Crippen molar-refractivity contribution in [3.8, 4) is 5.69 Å². The van der Waals surface area contributed by atoms with Gasteiger partial charge in [-0.15, -0.1) is 10.2 Å². The van der Waals surface area contributed by atoms with Gasteiger partial charge in [0.25, 0.3) is 0 Å². The first kappa shape index (κ1) is 22.8. The van der Waals surface area contributed by atoms with Crippen LogP contribution >= 0.6 is 0 Å². The van der Waals surface area contributed by atoms with E-state index in [0.29, 0.717) is 30.4 Å². The van der Waals surface area contributed by atoms with Crippen LogP contribution in [0.15, 0.2) is 60.9 Å². The molecule has 2 aliphatic heterocycles. The lowest BCUT2D eigenvalue weighted by atomic mass is 9.93. The van der Waals surface area contributed by atoms with Crippen LogP contribution in [0.4, 0.5) is 11.4 Å². The molecule has 2 aliphatic rings. The van der Waals surface area contributed by atoms with Gasteiger partial charge in [-0.2, -0.15) is 0 Å². The van der Waals surface area contributed by atoms with E-state index in [-0.39, 0.29) is 37.1 Å². The van der Waals surface area contributed by atoms with Crippen molar-refractivity contribution in [1.82, 2.24) is 19.7 Å². The van der Waals surface area contributed by atoms with E-state index in [9.17, 15) is 14.4 Å². The second kappa shape index (κ2) is 10.1. The van der Waals surface area contributed by atoms with Crippen molar-refractivity contribution in [2.75, 3.05) is 29.9 Å². The highest BCUT2D eigenvalue weighted by Gasteiger charge is 2.28. The molecule has 1 saturated heterocycles. The van der Waals surface area contributed by atoms with E-state index in [2.05, 4.69) is 15.5 Å². The topological polar surface area (TPSA) is 100 Å². The summed E-state index contributed by atoms with van der Waals surface area (Å²) < 4.78 is 2.02. The lowest BCUT2D eigenvalue weighted by Gasteiger charge is -2.32. The molecule has 9 nitrogen and oxygen atoms in total. The Bertz CT molecular complexity index is 1220. The minimum Gasteiger partial charge on any atom is -0.343 e. The normalized spacial score (nSPS) is 16.1. The Morgan fingerprint density at radius 2 is 1.66 bits per heavy atom. The van der Waals surface area contributed by atoms with Crippen LogP contribution in [0.1, 0.15) is 31.5 Å². The Morgan fingerprint density at radius 1 is 0.943 bits per heavy atom. The van der Waals surface area contributed by atoms with E-state index >= 15 is 0 Å². The molecule has 0 radical (unpaired) electrons. The summed E-state index contributed by atoms with van der Waals surface area (Å²) in [5.74, 6) is 0.899. The zero-order valence-electron chi connectivity index (χ0n) is 19.5. The Balaban J connectivity index is 1.12. The summed E-state index contributed by atoms with van der Waals surface area (Å²) in [5.41, 5.74) is 2.33. The van der Waals surface area contributed by atoms with E-state index in [1.54, 1.807) is 18.5 Å². The van der Waals surface area contributed by atoms with Crippen molar-refractivity contribution in [1.29, 1.82) is 0 Å². The fourth-order valence-corrected chi connectivity index (χ4v) is 4.81. The Kier molecular flexibility index (Phi) is 6.56. The highest BCUT2D eigenvalue weighted by Crippen LogP contribution is 2.29. The number of hydrogen-bond acceptors (Lipinski definition) is 5. The van der Waals surface area contributed by atoms with Gasteiger partial charge in [0.05, 0.1) is 11.4 Å². The summed E-state index contributed by atoms with van der Waals surface area (Å²) in [6, 6.07) is 17.2. The standard InChI is InChI=1S/C26H28N6O3/c33-24-17-31(22-9-5-4-8-21(22)28-24)26(35)11-10-25(34)30-14-12-19(13-15-30)16-23-29-27-18-32(23)20-6-2-1-3-7-20/h1-9,18-19H,10-17H2,(H,28,33). The van der Waals surface area contributed by atoms with Gasteiger partial charge in [0, 0.05) is 38.0 Å². The molecular formula is C26H28N6O3. The van der Waals surface area contributed by atoms with E-state index in [1.165, 1.54) is 4.90 Å². The first-order chi connectivity index (χ1) is 17.1. The Labute approximate surface area is 203 Å². The van der Waals surface area contributed by atoms with Crippen molar-refractivity contribution >= 4 is 29.1 Å². The van der Waals surface area contributed by atoms with Crippen LogP contribution in [0.5, 0.6) is 0 Å². The minimum atomic E-state index is -0.228. The number of piperidine rings is 1. The number of fused-ring (bicyclic) bond motifs is 1. The van der Waals surface area contributed by atoms with Gasteiger partial charge in [-0.25, -0.2) is 0 Å². The van der Waals surface area contributed by atoms with Gasteiger partial charge in [0.1, 0.15) is 18.7 Å².